The summed E-state index contributed by atoms with van der Waals surface area (Å²) in [6.07, 6.45) is 8.75. The standard InChI is InChI=1S/C24H25ClN2O2S/c1-27-20-14-17(23(28)26-18-9-4-2-3-5-10-18)12-13-21(20)30-22(24(27)29)15-16-8-6-7-11-19(16)25/h6-8,11-15,18H,2-5,9-10H2,1H3,(H,26,28)/b22-15-. The minimum absolute atomic E-state index is 0.0621. The quantitative estimate of drug-likeness (QED) is 0.477. The Kier molecular flexibility index (Phi) is 6.49. The summed E-state index contributed by atoms with van der Waals surface area (Å²) in [7, 11) is 1.74. The van der Waals surface area contributed by atoms with Crippen LogP contribution in [0.15, 0.2) is 52.3 Å². The van der Waals surface area contributed by atoms with Crippen LogP contribution in [0, 0.1) is 0 Å². The topological polar surface area (TPSA) is 49.4 Å². The molecule has 0 saturated heterocycles. The van der Waals surface area contributed by atoms with Gasteiger partial charge in [0.05, 0.1) is 10.6 Å². The highest BCUT2D eigenvalue weighted by atomic mass is 35.5. The molecule has 2 aromatic carbocycles. The van der Waals surface area contributed by atoms with Crippen LogP contribution in [0.25, 0.3) is 6.08 Å². The zero-order chi connectivity index (χ0) is 21.1. The van der Waals surface area contributed by atoms with E-state index in [1.165, 1.54) is 37.4 Å². The number of rotatable bonds is 3. The van der Waals surface area contributed by atoms with E-state index in [2.05, 4.69) is 5.32 Å². The van der Waals surface area contributed by atoms with Crippen molar-refractivity contribution in [1.82, 2.24) is 5.32 Å². The first-order chi connectivity index (χ1) is 14.5. The fourth-order valence-electron chi connectivity index (χ4n) is 3.96. The molecule has 1 heterocycles. The van der Waals surface area contributed by atoms with Crippen LogP contribution in [0.4, 0.5) is 5.69 Å². The lowest BCUT2D eigenvalue weighted by molar-refractivity contribution is -0.114. The predicted octanol–water partition coefficient (Wildman–Crippen LogP) is 5.90. The van der Waals surface area contributed by atoms with Gasteiger partial charge in [-0.1, -0.05) is 67.2 Å². The van der Waals surface area contributed by atoms with Crippen LogP contribution in [-0.4, -0.2) is 24.9 Å². The first-order valence-corrected chi connectivity index (χ1v) is 11.6. The molecule has 2 amide bonds. The number of fused-ring (bicyclic) bond motifs is 1. The normalized spacial score (nSPS) is 18.8. The molecular formula is C24H25ClN2O2S. The largest absolute Gasteiger partial charge is 0.349 e. The monoisotopic (exact) mass is 440 g/mol. The smallest absolute Gasteiger partial charge is 0.264 e. The lowest BCUT2D eigenvalue weighted by atomic mass is 10.1. The Hall–Kier alpha value is -2.24. The Balaban J connectivity index is 1.55. The van der Waals surface area contributed by atoms with Gasteiger partial charge in [-0.15, -0.1) is 0 Å². The average Bonchev–Trinajstić information content (AvgIpc) is 3.02. The van der Waals surface area contributed by atoms with E-state index in [1.54, 1.807) is 11.9 Å². The molecule has 1 saturated carbocycles. The first kappa shape index (κ1) is 21.0. The van der Waals surface area contributed by atoms with Gasteiger partial charge in [-0.2, -0.15) is 0 Å². The van der Waals surface area contributed by atoms with Gasteiger partial charge in [-0.25, -0.2) is 0 Å². The van der Waals surface area contributed by atoms with Gasteiger partial charge in [0.25, 0.3) is 11.8 Å². The third-order valence-corrected chi connectivity index (χ3v) is 7.12. The zero-order valence-electron chi connectivity index (χ0n) is 17.0. The Morgan fingerprint density at radius 1 is 1.13 bits per heavy atom. The zero-order valence-corrected chi connectivity index (χ0v) is 18.6. The number of thioether (sulfide) groups is 1. The summed E-state index contributed by atoms with van der Waals surface area (Å²) in [5.74, 6) is -0.165. The lowest BCUT2D eigenvalue weighted by Gasteiger charge is -2.27. The number of nitrogens with one attached hydrogen (secondary N) is 1. The lowest BCUT2D eigenvalue weighted by Crippen LogP contribution is -2.35. The van der Waals surface area contributed by atoms with E-state index in [0.717, 1.165) is 29.0 Å². The van der Waals surface area contributed by atoms with Gasteiger partial charge in [0.2, 0.25) is 0 Å². The molecule has 1 fully saturated rings. The summed E-state index contributed by atoms with van der Waals surface area (Å²) >= 11 is 7.66. The number of benzene rings is 2. The predicted molar refractivity (Wildman–Crippen MR) is 124 cm³/mol. The highest BCUT2D eigenvalue weighted by Gasteiger charge is 2.28. The number of hydrogen-bond acceptors (Lipinski definition) is 3. The number of carbonyl (C=O) groups excluding carboxylic acids is 2. The molecule has 1 N–H and O–H groups in total. The van der Waals surface area contributed by atoms with Crippen molar-refractivity contribution in [1.29, 1.82) is 0 Å². The maximum Gasteiger partial charge on any atom is 0.264 e. The molecule has 0 radical (unpaired) electrons. The van der Waals surface area contributed by atoms with E-state index in [1.807, 2.05) is 48.5 Å². The van der Waals surface area contributed by atoms with E-state index in [0.29, 0.717) is 15.5 Å². The maximum absolute atomic E-state index is 12.9. The molecule has 0 unspecified atom stereocenters. The van der Waals surface area contributed by atoms with Crippen LogP contribution in [0.5, 0.6) is 0 Å². The van der Waals surface area contributed by atoms with Gasteiger partial charge in [0.15, 0.2) is 0 Å². The van der Waals surface area contributed by atoms with Crippen molar-refractivity contribution in [3.63, 3.8) is 0 Å². The molecule has 6 heteroatoms. The van der Waals surface area contributed by atoms with Gasteiger partial charge in [0.1, 0.15) is 0 Å². The van der Waals surface area contributed by atoms with E-state index in [4.69, 9.17) is 11.6 Å². The molecular weight excluding hydrogens is 416 g/mol. The molecule has 2 aliphatic rings. The molecule has 2 aromatic rings. The van der Waals surface area contributed by atoms with Gasteiger partial charge in [0, 0.05) is 28.6 Å². The molecule has 0 aromatic heterocycles. The van der Waals surface area contributed by atoms with Crippen molar-refractivity contribution in [2.75, 3.05) is 11.9 Å². The third kappa shape index (κ3) is 4.57. The number of hydrogen-bond donors (Lipinski definition) is 1. The summed E-state index contributed by atoms with van der Waals surface area (Å²) in [5, 5.41) is 3.79. The summed E-state index contributed by atoms with van der Waals surface area (Å²) in [4.78, 5) is 28.9. The minimum Gasteiger partial charge on any atom is -0.349 e. The van der Waals surface area contributed by atoms with Crippen molar-refractivity contribution in [2.45, 2.75) is 49.5 Å². The fraction of sp³-hybridized carbons (Fsp3) is 0.333. The van der Waals surface area contributed by atoms with E-state index >= 15 is 0 Å². The second-order valence-corrected chi connectivity index (χ2v) is 9.33. The highest BCUT2D eigenvalue weighted by Crippen LogP contribution is 2.42. The van der Waals surface area contributed by atoms with Crippen molar-refractivity contribution >= 4 is 46.9 Å². The van der Waals surface area contributed by atoms with Crippen LogP contribution in [0.1, 0.15) is 54.4 Å². The maximum atomic E-state index is 12.9. The number of halogens is 1. The van der Waals surface area contributed by atoms with Gasteiger partial charge in [-0.05, 0) is 48.7 Å². The SMILES string of the molecule is CN1C(=O)/C(=C/c2ccccc2Cl)Sc2ccc(C(=O)NC3CCCCCC3)cc21. The van der Waals surface area contributed by atoms with Gasteiger partial charge in [-0.3, -0.25) is 9.59 Å². The summed E-state index contributed by atoms with van der Waals surface area (Å²) in [5.41, 5.74) is 2.16. The molecule has 1 aliphatic carbocycles. The van der Waals surface area contributed by atoms with E-state index < -0.39 is 0 Å². The molecule has 156 valence electrons. The van der Waals surface area contributed by atoms with Crippen molar-refractivity contribution in [3.8, 4) is 0 Å². The number of nitrogens with zero attached hydrogens (tertiary/aromatic N) is 1. The molecule has 0 atom stereocenters. The Bertz CT molecular complexity index is 996. The van der Waals surface area contributed by atoms with Crippen LogP contribution in [0.3, 0.4) is 0 Å². The number of amides is 2. The molecule has 30 heavy (non-hydrogen) atoms. The number of likely N-dealkylation sites (N-methyl/N-ethyl adjacent to an activating group) is 1. The summed E-state index contributed by atoms with van der Waals surface area (Å²) < 4.78 is 0. The Labute approximate surface area is 186 Å². The van der Waals surface area contributed by atoms with Crippen molar-refractivity contribution in [3.05, 3.63) is 63.5 Å². The van der Waals surface area contributed by atoms with Gasteiger partial charge < -0.3 is 10.2 Å². The minimum atomic E-state index is -0.103. The van der Waals surface area contributed by atoms with E-state index in [9.17, 15) is 9.59 Å². The molecule has 4 nitrogen and oxygen atoms in total. The molecule has 0 spiro atoms. The van der Waals surface area contributed by atoms with Crippen LogP contribution in [-0.2, 0) is 4.79 Å². The van der Waals surface area contributed by atoms with Crippen molar-refractivity contribution in [2.24, 2.45) is 0 Å². The average molecular weight is 441 g/mol. The summed E-state index contributed by atoms with van der Waals surface area (Å²) in [6.45, 7) is 0. The fourth-order valence-corrected chi connectivity index (χ4v) is 5.23. The van der Waals surface area contributed by atoms with Crippen LogP contribution >= 0.6 is 23.4 Å². The van der Waals surface area contributed by atoms with Gasteiger partial charge >= 0.3 is 0 Å². The first-order valence-electron chi connectivity index (χ1n) is 10.4. The molecule has 4 rings (SSSR count). The highest BCUT2D eigenvalue weighted by molar-refractivity contribution is 8.04. The summed E-state index contributed by atoms with van der Waals surface area (Å²) in [6, 6.07) is 13.3. The number of anilines is 1. The number of carbonyl (C=O) groups is 2. The van der Waals surface area contributed by atoms with Crippen molar-refractivity contribution < 1.29 is 9.59 Å². The Morgan fingerprint density at radius 3 is 2.60 bits per heavy atom. The van der Waals surface area contributed by atoms with Crippen LogP contribution < -0.4 is 10.2 Å². The van der Waals surface area contributed by atoms with E-state index in [-0.39, 0.29) is 17.9 Å². The second kappa shape index (κ2) is 9.27. The molecule has 1 aliphatic heterocycles. The third-order valence-electron chi connectivity index (χ3n) is 5.70. The van der Waals surface area contributed by atoms with Crippen LogP contribution in [0.2, 0.25) is 5.02 Å². The Morgan fingerprint density at radius 2 is 1.87 bits per heavy atom. The second-order valence-electron chi connectivity index (χ2n) is 7.84. The molecule has 0 bridgehead atoms.